The van der Waals surface area contributed by atoms with Gasteiger partial charge in [0.2, 0.25) is 0 Å². The third-order valence-electron chi connectivity index (χ3n) is 3.18. The van der Waals surface area contributed by atoms with Crippen molar-refractivity contribution in [1.82, 2.24) is 5.32 Å². The molecule has 1 aromatic carbocycles. The molecule has 0 radical (unpaired) electrons. The molecule has 0 aliphatic carbocycles. The summed E-state index contributed by atoms with van der Waals surface area (Å²) in [5.74, 6) is 1.04. The van der Waals surface area contributed by atoms with E-state index in [1.54, 1.807) is 11.8 Å². The summed E-state index contributed by atoms with van der Waals surface area (Å²) in [6, 6.07) is 10.3. The van der Waals surface area contributed by atoms with Crippen LogP contribution in [-0.4, -0.2) is 17.8 Å². The maximum atomic E-state index is 9.25. The zero-order valence-electron chi connectivity index (χ0n) is 12.3. The number of nitrogens with one attached hydrogen (secondary N) is 1. The van der Waals surface area contributed by atoms with Crippen molar-refractivity contribution in [2.75, 3.05) is 12.3 Å². The molecule has 1 atom stereocenters. The van der Waals surface area contributed by atoms with Gasteiger partial charge in [-0.3, -0.25) is 5.32 Å². The van der Waals surface area contributed by atoms with Crippen molar-refractivity contribution in [3.63, 3.8) is 0 Å². The van der Waals surface area contributed by atoms with Gasteiger partial charge >= 0.3 is 0 Å². The Morgan fingerprint density at radius 1 is 1.35 bits per heavy atom. The number of benzene rings is 1. The second-order valence-corrected chi connectivity index (χ2v) is 6.65. The number of hydrogen-bond donors (Lipinski definition) is 1. The summed E-state index contributed by atoms with van der Waals surface area (Å²) in [4.78, 5) is 1.14. The van der Waals surface area contributed by atoms with E-state index in [0.717, 1.165) is 47.9 Å². The number of nitriles is 1. The lowest BCUT2D eigenvalue weighted by Gasteiger charge is -2.22. The Morgan fingerprint density at radius 2 is 2.10 bits per heavy atom. The predicted molar refractivity (Wildman–Crippen MR) is 88.3 cm³/mol. The quantitative estimate of drug-likeness (QED) is 0.521. The molecular weight excluding hydrogens is 288 g/mol. The van der Waals surface area contributed by atoms with Crippen molar-refractivity contribution in [2.45, 2.75) is 50.0 Å². The molecule has 0 bridgehead atoms. The van der Waals surface area contributed by atoms with Gasteiger partial charge in [-0.25, -0.2) is 0 Å². The Balaban J connectivity index is 2.25. The number of unbranched alkanes of at least 4 members (excludes halogenated alkanes) is 1. The van der Waals surface area contributed by atoms with E-state index >= 15 is 0 Å². The fourth-order valence-electron chi connectivity index (χ4n) is 1.91. The molecule has 0 aromatic heterocycles. The van der Waals surface area contributed by atoms with Gasteiger partial charge in [0, 0.05) is 4.90 Å². The first-order chi connectivity index (χ1) is 9.61. The van der Waals surface area contributed by atoms with Crippen molar-refractivity contribution in [2.24, 2.45) is 0 Å². The van der Waals surface area contributed by atoms with Gasteiger partial charge in [0.05, 0.1) is 11.1 Å². The molecule has 0 aliphatic heterocycles. The van der Waals surface area contributed by atoms with E-state index in [0.29, 0.717) is 0 Å². The van der Waals surface area contributed by atoms with Crippen LogP contribution >= 0.6 is 23.4 Å². The molecule has 0 heterocycles. The van der Waals surface area contributed by atoms with Crippen molar-refractivity contribution in [1.29, 1.82) is 5.26 Å². The SMILES string of the molecule is CCCNC(C)(C#N)CCCCSc1ccccc1Cl. The molecule has 0 saturated carbocycles. The van der Waals surface area contributed by atoms with Crippen LogP contribution in [-0.2, 0) is 0 Å². The molecule has 0 aliphatic rings. The monoisotopic (exact) mass is 310 g/mol. The van der Waals surface area contributed by atoms with E-state index in [1.165, 1.54) is 0 Å². The predicted octanol–water partition coefficient (Wildman–Crippen LogP) is 4.88. The van der Waals surface area contributed by atoms with Gasteiger partial charge in [-0.1, -0.05) is 30.7 Å². The second kappa shape index (κ2) is 9.28. The van der Waals surface area contributed by atoms with Gasteiger partial charge < -0.3 is 0 Å². The minimum absolute atomic E-state index is 0.384. The molecule has 1 rings (SSSR count). The molecule has 0 saturated heterocycles. The summed E-state index contributed by atoms with van der Waals surface area (Å²) in [5.41, 5.74) is -0.384. The van der Waals surface area contributed by atoms with Crippen molar-refractivity contribution < 1.29 is 0 Å². The third-order valence-corrected chi connectivity index (χ3v) is 4.78. The van der Waals surface area contributed by atoms with E-state index in [2.05, 4.69) is 24.4 Å². The minimum Gasteiger partial charge on any atom is -0.300 e. The Kier molecular flexibility index (Phi) is 8.06. The number of nitrogens with zero attached hydrogens (tertiary/aromatic N) is 1. The maximum absolute atomic E-state index is 9.25. The number of halogens is 1. The number of hydrogen-bond acceptors (Lipinski definition) is 3. The first-order valence-electron chi connectivity index (χ1n) is 7.15. The zero-order chi connectivity index (χ0) is 14.8. The largest absolute Gasteiger partial charge is 0.300 e. The standard InChI is InChI=1S/C16H23ClN2S/c1-3-11-19-16(2,13-18)10-6-7-12-20-15-9-5-4-8-14(15)17/h4-5,8-9,19H,3,6-7,10-12H2,1-2H3. The molecule has 0 fully saturated rings. The van der Waals surface area contributed by atoms with Crippen molar-refractivity contribution in [3.8, 4) is 6.07 Å². The third kappa shape index (κ3) is 6.17. The van der Waals surface area contributed by atoms with Crippen molar-refractivity contribution >= 4 is 23.4 Å². The Bertz CT molecular complexity index is 444. The summed E-state index contributed by atoms with van der Waals surface area (Å²) in [6.45, 7) is 5.01. The van der Waals surface area contributed by atoms with Crippen LogP contribution in [0, 0.1) is 11.3 Å². The van der Waals surface area contributed by atoms with Crippen LogP contribution in [0.5, 0.6) is 0 Å². The van der Waals surface area contributed by atoms with Gasteiger partial charge in [0.15, 0.2) is 0 Å². The topological polar surface area (TPSA) is 35.8 Å². The summed E-state index contributed by atoms with van der Waals surface area (Å²) < 4.78 is 0. The second-order valence-electron chi connectivity index (χ2n) is 5.11. The molecule has 2 nitrogen and oxygen atoms in total. The van der Waals surface area contributed by atoms with Crippen LogP contribution in [0.3, 0.4) is 0 Å². The van der Waals surface area contributed by atoms with Crippen LogP contribution in [0.4, 0.5) is 0 Å². The summed E-state index contributed by atoms with van der Waals surface area (Å²) in [6.07, 6.45) is 4.10. The number of thioether (sulfide) groups is 1. The highest BCUT2D eigenvalue weighted by atomic mass is 35.5. The normalized spacial score (nSPS) is 13.7. The Hall–Kier alpha value is -0.690. The first kappa shape index (κ1) is 17.4. The molecule has 110 valence electrons. The number of rotatable bonds is 9. The van der Waals surface area contributed by atoms with E-state index in [1.807, 2.05) is 25.1 Å². The van der Waals surface area contributed by atoms with E-state index in [9.17, 15) is 5.26 Å². The van der Waals surface area contributed by atoms with Gasteiger partial charge in [-0.05, 0) is 57.0 Å². The van der Waals surface area contributed by atoms with Gasteiger partial charge in [-0.15, -0.1) is 11.8 Å². The molecule has 0 spiro atoms. The highest BCUT2D eigenvalue weighted by Gasteiger charge is 2.21. The minimum atomic E-state index is -0.384. The van der Waals surface area contributed by atoms with Crippen LogP contribution in [0.2, 0.25) is 5.02 Å². The zero-order valence-corrected chi connectivity index (χ0v) is 13.9. The van der Waals surface area contributed by atoms with Crippen LogP contribution in [0.25, 0.3) is 0 Å². The smallest absolute Gasteiger partial charge is 0.103 e. The summed E-state index contributed by atoms with van der Waals surface area (Å²) in [7, 11) is 0. The van der Waals surface area contributed by atoms with E-state index < -0.39 is 0 Å². The fourth-order valence-corrected chi connectivity index (χ4v) is 3.16. The van der Waals surface area contributed by atoms with Gasteiger partial charge in [0.25, 0.3) is 0 Å². The van der Waals surface area contributed by atoms with Crippen LogP contribution in [0.1, 0.15) is 39.5 Å². The Morgan fingerprint density at radius 3 is 2.75 bits per heavy atom. The molecular formula is C16H23ClN2S. The molecule has 0 amide bonds. The highest BCUT2D eigenvalue weighted by molar-refractivity contribution is 7.99. The molecule has 1 unspecified atom stereocenters. The lowest BCUT2D eigenvalue weighted by atomic mass is 9.96. The average molecular weight is 311 g/mol. The van der Waals surface area contributed by atoms with E-state index in [-0.39, 0.29) is 5.54 Å². The Labute approximate surface area is 131 Å². The van der Waals surface area contributed by atoms with Crippen LogP contribution in [0.15, 0.2) is 29.2 Å². The molecule has 1 aromatic rings. The summed E-state index contributed by atoms with van der Waals surface area (Å²) >= 11 is 7.90. The van der Waals surface area contributed by atoms with Crippen molar-refractivity contribution in [3.05, 3.63) is 29.3 Å². The van der Waals surface area contributed by atoms with Gasteiger partial charge in [0.1, 0.15) is 5.54 Å². The fraction of sp³-hybridized carbons (Fsp3) is 0.562. The molecule has 20 heavy (non-hydrogen) atoms. The average Bonchev–Trinajstić information content (AvgIpc) is 2.46. The first-order valence-corrected chi connectivity index (χ1v) is 8.51. The molecule has 4 heteroatoms. The summed E-state index contributed by atoms with van der Waals surface area (Å²) in [5, 5.41) is 13.4. The van der Waals surface area contributed by atoms with Crippen LogP contribution < -0.4 is 5.32 Å². The maximum Gasteiger partial charge on any atom is 0.103 e. The van der Waals surface area contributed by atoms with Gasteiger partial charge in [-0.2, -0.15) is 5.26 Å². The van der Waals surface area contributed by atoms with E-state index in [4.69, 9.17) is 11.6 Å². The highest BCUT2D eigenvalue weighted by Crippen LogP contribution is 2.27. The lowest BCUT2D eigenvalue weighted by molar-refractivity contribution is 0.406. The lowest BCUT2D eigenvalue weighted by Crippen LogP contribution is -2.41. The molecule has 1 N–H and O–H groups in total.